The van der Waals surface area contributed by atoms with Crippen LogP contribution in [0, 0.1) is 13.8 Å². The highest BCUT2D eigenvalue weighted by atomic mass is 35.5. The molecule has 1 aromatic carbocycles. The Morgan fingerprint density at radius 1 is 1.42 bits per heavy atom. The minimum absolute atomic E-state index is 0.326. The average Bonchev–Trinajstić information content (AvgIpc) is 2.58. The molecule has 0 fully saturated rings. The first-order valence-electron chi connectivity index (χ1n) is 5.76. The van der Waals surface area contributed by atoms with E-state index in [2.05, 4.69) is 10.4 Å². The van der Waals surface area contributed by atoms with Crippen LogP contribution in [0.15, 0.2) is 18.2 Å². The van der Waals surface area contributed by atoms with Crippen molar-refractivity contribution < 1.29 is 4.79 Å². The number of hydrogen-bond donors (Lipinski definition) is 2. The number of amides is 1. The molecule has 1 heterocycles. The number of hydrogen-bond acceptors (Lipinski definition) is 3. The molecule has 0 aliphatic heterocycles. The highest BCUT2D eigenvalue weighted by Crippen LogP contribution is 2.24. The molecule has 0 atom stereocenters. The van der Waals surface area contributed by atoms with Crippen molar-refractivity contribution in [2.75, 3.05) is 11.1 Å². The van der Waals surface area contributed by atoms with Gasteiger partial charge in [-0.15, -0.1) is 0 Å². The number of benzene rings is 1. The maximum Gasteiger partial charge on any atom is 0.276 e. The first kappa shape index (κ1) is 13.4. The van der Waals surface area contributed by atoms with Crippen molar-refractivity contribution in [3.63, 3.8) is 0 Å². The number of halogens is 1. The number of anilines is 2. The Kier molecular flexibility index (Phi) is 3.48. The lowest BCUT2D eigenvalue weighted by molar-refractivity contribution is 0.101. The van der Waals surface area contributed by atoms with E-state index in [9.17, 15) is 4.79 Å². The minimum atomic E-state index is -0.326. The van der Waals surface area contributed by atoms with E-state index in [1.54, 1.807) is 26.1 Å². The molecule has 5 nitrogen and oxygen atoms in total. The Labute approximate surface area is 116 Å². The summed E-state index contributed by atoms with van der Waals surface area (Å²) in [5, 5.41) is 7.34. The van der Waals surface area contributed by atoms with Gasteiger partial charge in [-0.05, 0) is 31.5 Å². The molecule has 19 heavy (non-hydrogen) atoms. The Balaban J connectivity index is 2.33. The van der Waals surface area contributed by atoms with Gasteiger partial charge in [-0.3, -0.25) is 9.48 Å². The van der Waals surface area contributed by atoms with Gasteiger partial charge in [0.1, 0.15) is 5.69 Å². The fourth-order valence-corrected chi connectivity index (χ4v) is 2.03. The fourth-order valence-electron chi connectivity index (χ4n) is 1.86. The molecule has 1 amide bonds. The van der Waals surface area contributed by atoms with Gasteiger partial charge in [-0.1, -0.05) is 17.7 Å². The third-order valence-corrected chi connectivity index (χ3v) is 3.18. The van der Waals surface area contributed by atoms with Gasteiger partial charge >= 0.3 is 0 Å². The molecule has 0 aliphatic carbocycles. The largest absolute Gasteiger partial charge is 0.395 e. The van der Waals surface area contributed by atoms with Crippen LogP contribution in [0.3, 0.4) is 0 Å². The topological polar surface area (TPSA) is 72.9 Å². The lowest BCUT2D eigenvalue weighted by atomic mass is 10.2. The Morgan fingerprint density at radius 3 is 2.68 bits per heavy atom. The molecule has 2 rings (SSSR count). The van der Waals surface area contributed by atoms with Crippen LogP contribution in [0.2, 0.25) is 5.02 Å². The number of carbonyl (C=O) groups excluding carboxylic acids is 1. The quantitative estimate of drug-likeness (QED) is 0.886. The van der Waals surface area contributed by atoms with E-state index in [4.69, 9.17) is 17.3 Å². The highest BCUT2D eigenvalue weighted by molar-refractivity contribution is 6.34. The second-order valence-electron chi connectivity index (χ2n) is 4.41. The molecule has 0 radical (unpaired) electrons. The van der Waals surface area contributed by atoms with Crippen molar-refractivity contribution in [2.45, 2.75) is 13.8 Å². The number of nitrogens with two attached hydrogens (primary N) is 1. The maximum atomic E-state index is 12.2. The van der Waals surface area contributed by atoms with Crippen LogP contribution in [-0.2, 0) is 7.05 Å². The maximum absolute atomic E-state index is 12.2. The highest BCUT2D eigenvalue weighted by Gasteiger charge is 2.18. The normalized spacial score (nSPS) is 10.5. The van der Waals surface area contributed by atoms with E-state index in [0.29, 0.717) is 27.8 Å². The molecule has 1 aromatic heterocycles. The van der Waals surface area contributed by atoms with E-state index < -0.39 is 0 Å². The van der Waals surface area contributed by atoms with Gasteiger partial charge in [0.25, 0.3) is 5.91 Å². The summed E-state index contributed by atoms with van der Waals surface area (Å²) in [6.07, 6.45) is 0. The van der Waals surface area contributed by atoms with E-state index in [1.807, 2.05) is 13.0 Å². The molecule has 2 aromatic rings. The van der Waals surface area contributed by atoms with Crippen LogP contribution in [-0.4, -0.2) is 15.7 Å². The lowest BCUT2D eigenvalue weighted by Crippen LogP contribution is -2.18. The monoisotopic (exact) mass is 278 g/mol. The first-order chi connectivity index (χ1) is 8.90. The molecule has 0 saturated heterocycles. The van der Waals surface area contributed by atoms with Crippen molar-refractivity contribution in [2.24, 2.45) is 7.05 Å². The zero-order valence-corrected chi connectivity index (χ0v) is 11.7. The van der Waals surface area contributed by atoms with Crippen LogP contribution in [0.4, 0.5) is 11.4 Å². The summed E-state index contributed by atoms with van der Waals surface area (Å²) in [7, 11) is 1.68. The van der Waals surface area contributed by atoms with E-state index in [1.165, 1.54) is 4.68 Å². The molecule has 0 aliphatic rings. The Hall–Kier alpha value is -2.01. The number of aromatic nitrogens is 2. The fraction of sp³-hybridized carbons (Fsp3) is 0.231. The summed E-state index contributed by atoms with van der Waals surface area (Å²) in [5.74, 6) is -0.326. The number of nitrogens with zero attached hydrogens (tertiary/aromatic N) is 2. The summed E-state index contributed by atoms with van der Waals surface area (Å²) in [6, 6.07) is 5.42. The van der Waals surface area contributed by atoms with Crippen molar-refractivity contribution in [1.29, 1.82) is 0 Å². The van der Waals surface area contributed by atoms with Crippen LogP contribution in [0.25, 0.3) is 0 Å². The van der Waals surface area contributed by atoms with Crippen molar-refractivity contribution >= 4 is 28.9 Å². The number of nitrogens with one attached hydrogen (secondary N) is 1. The van der Waals surface area contributed by atoms with Gasteiger partial charge in [0.05, 0.1) is 22.1 Å². The average molecular weight is 279 g/mol. The van der Waals surface area contributed by atoms with Gasteiger partial charge in [0, 0.05) is 7.05 Å². The predicted octanol–water partition coefficient (Wildman–Crippen LogP) is 2.52. The molecule has 0 saturated carbocycles. The van der Waals surface area contributed by atoms with Crippen LogP contribution >= 0.6 is 11.6 Å². The SMILES string of the molecule is Cc1ccc(Cl)c(NC(=O)c2c(N)c(C)nn2C)c1. The van der Waals surface area contributed by atoms with Gasteiger partial charge in [-0.2, -0.15) is 5.10 Å². The van der Waals surface area contributed by atoms with Gasteiger partial charge < -0.3 is 11.1 Å². The molecule has 6 heteroatoms. The summed E-state index contributed by atoms with van der Waals surface area (Å²) in [5.41, 5.74) is 8.75. The molecule has 0 spiro atoms. The molecule has 0 unspecified atom stereocenters. The summed E-state index contributed by atoms with van der Waals surface area (Å²) < 4.78 is 1.46. The summed E-state index contributed by atoms with van der Waals surface area (Å²) >= 11 is 6.04. The minimum Gasteiger partial charge on any atom is -0.395 e. The molecule has 0 bridgehead atoms. The van der Waals surface area contributed by atoms with Crippen molar-refractivity contribution in [3.8, 4) is 0 Å². The lowest BCUT2D eigenvalue weighted by Gasteiger charge is -2.09. The number of nitrogen functional groups attached to an aromatic ring is 1. The zero-order chi connectivity index (χ0) is 14.2. The standard InChI is InChI=1S/C13H15ClN4O/c1-7-4-5-9(14)10(6-7)16-13(19)12-11(15)8(2)17-18(12)3/h4-6H,15H2,1-3H3,(H,16,19). The molecule has 3 N–H and O–H groups in total. The predicted molar refractivity (Wildman–Crippen MR) is 76.5 cm³/mol. The smallest absolute Gasteiger partial charge is 0.276 e. The third kappa shape index (κ3) is 2.56. The van der Waals surface area contributed by atoms with Gasteiger partial charge in [-0.25, -0.2) is 0 Å². The molecular weight excluding hydrogens is 264 g/mol. The van der Waals surface area contributed by atoms with Gasteiger partial charge in [0.15, 0.2) is 0 Å². The first-order valence-corrected chi connectivity index (χ1v) is 6.14. The summed E-state index contributed by atoms with van der Waals surface area (Å²) in [4.78, 5) is 12.2. The second-order valence-corrected chi connectivity index (χ2v) is 4.82. The number of carbonyl (C=O) groups is 1. The van der Waals surface area contributed by atoms with Crippen molar-refractivity contribution in [3.05, 3.63) is 40.2 Å². The van der Waals surface area contributed by atoms with Crippen LogP contribution < -0.4 is 11.1 Å². The van der Waals surface area contributed by atoms with Crippen molar-refractivity contribution in [1.82, 2.24) is 9.78 Å². The van der Waals surface area contributed by atoms with Crippen LogP contribution in [0.1, 0.15) is 21.7 Å². The van der Waals surface area contributed by atoms with E-state index in [0.717, 1.165) is 5.56 Å². The van der Waals surface area contributed by atoms with Crippen LogP contribution in [0.5, 0.6) is 0 Å². The zero-order valence-electron chi connectivity index (χ0n) is 11.0. The van der Waals surface area contributed by atoms with E-state index >= 15 is 0 Å². The van der Waals surface area contributed by atoms with E-state index in [-0.39, 0.29) is 5.91 Å². The third-order valence-electron chi connectivity index (χ3n) is 2.85. The summed E-state index contributed by atoms with van der Waals surface area (Å²) in [6.45, 7) is 3.68. The Bertz CT molecular complexity index is 648. The number of rotatable bonds is 2. The van der Waals surface area contributed by atoms with Gasteiger partial charge in [0.2, 0.25) is 0 Å². The molecular formula is C13H15ClN4O. The Morgan fingerprint density at radius 2 is 2.11 bits per heavy atom. The molecule has 100 valence electrons. The number of aryl methyl sites for hydroxylation is 3. The second kappa shape index (κ2) is 4.93.